The van der Waals surface area contributed by atoms with Crippen LogP contribution in [-0.4, -0.2) is 27.6 Å². The van der Waals surface area contributed by atoms with Crippen molar-refractivity contribution in [3.63, 3.8) is 0 Å². The molecule has 34 heavy (non-hydrogen) atoms. The van der Waals surface area contributed by atoms with Crippen LogP contribution in [0.15, 0.2) is 47.5 Å². The molecule has 0 saturated carbocycles. The number of hydrogen-bond acceptors (Lipinski definition) is 4. The summed E-state index contributed by atoms with van der Waals surface area (Å²) in [4.78, 5) is 28.9. The SMILES string of the molecule is CCn1nc(C)c(CN=C(NC(=O)c2ccc(NC(C)=O)cc2)Nc2cc(C)ccc2C)c1C. The topological polar surface area (TPSA) is 100 Å². The summed E-state index contributed by atoms with van der Waals surface area (Å²) in [6.45, 7) is 12.7. The van der Waals surface area contributed by atoms with Gasteiger partial charge in [-0.05, 0) is 76.1 Å². The van der Waals surface area contributed by atoms with E-state index in [-0.39, 0.29) is 11.8 Å². The van der Waals surface area contributed by atoms with Crippen LogP contribution in [0.25, 0.3) is 0 Å². The fourth-order valence-electron chi connectivity index (χ4n) is 3.63. The third kappa shape index (κ3) is 6.10. The van der Waals surface area contributed by atoms with Gasteiger partial charge in [-0.3, -0.25) is 19.6 Å². The van der Waals surface area contributed by atoms with Gasteiger partial charge in [-0.2, -0.15) is 5.10 Å². The molecule has 0 spiro atoms. The van der Waals surface area contributed by atoms with Gasteiger partial charge in [-0.25, -0.2) is 4.99 Å². The number of nitrogens with zero attached hydrogens (tertiary/aromatic N) is 3. The minimum absolute atomic E-state index is 0.165. The molecule has 8 heteroatoms. The number of amides is 2. The van der Waals surface area contributed by atoms with E-state index in [1.165, 1.54) is 6.92 Å². The summed E-state index contributed by atoms with van der Waals surface area (Å²) < 4.78 is 1.95. The average Bonchev–Trinajstić information content (AvgIpc) is 3.07. The van der Waals surface area contributed by atoms with Crippen molar-refractivity contribution in [2.45, 2.75) is 54.6 Å². The zero-order valence-corrected chi connectivity index (χ0v) is 20.6. The number of aromatic nitrogens is 2. The quantitative estimate of drug-likeness (QED) is 0.373. The molecule has 0 radical (unpaired) electrons. The summed E-state index contributed by atoms with van der Waals surface area (Å²) in [6, 6.07) is 12.8. The van der Waals surface area contributed by atoms with E-state index in [1.54, 1.807) is 24.3 Å². The molecular formula is C26H32N6O2. The molecule has 3 rings (SSSR count). The van der Waals surface area contributed by atoms with Gasteiger partial charge in [0, 0.05) is 41.7 Å². The number of carbonyl (C=O) groups excluding carboxylic acids is 2. The highest BCUT2D eigenvalue weighted by Crippen LogP contribution is 2.18. The fourth-order valence-corrected chi connectivity index (χ4v) is 3.63. The molecule has 0 saturated heterocycles. The molecule has 0 aliphatic carbocycles. The second-order valence-electron chi connectivity index (χ2n) is 8.29. The standard InChI is InChI=1S/C26H32N6O2/c1-7-32-19(5)23(18(4)31-32)15-27-26(29-24-14-16(2)8-9-17(24)3)30-25(34)21-10-12-22(13-11-21)28-20(6)33/h8-14H,7,15H2,1-6H3,(H,28,33)(H2,27,29,30,34). The van der Waals surface area contributed by atoms with Crippen molar-refractivity contribution >= 4 is 29.1 Å². The second-order valence-corrected chi connectivity index (χ2v) is 8.29. The van der Waals surface area contributed by atoms with Gasteiger partial charge in [0.25, 0.3) is 5.91 Å². The maximum absolute atomic E-state index is 13.0. The summed E-state index contributed by atoms with van der Waals surface area (Å²) in [6.07, 6.45) is 0. The Hall–Kier alpha value is -3.94. The summed E-state index contributed by atoms with van der Waals surface area (Å²) in [5.41, 5.74) is 7.13. The van der Waals surface area contributed by atoms with Crippen LogP contribution in [0, 0.1) is 27.7 Å². The third-order valence-electron chi connectivity index (χ3n) is 5.57. The van der Waals surface area contributed by atoms with E-state index in [1.807, 2.05) is 50.6 Å². The van der Waals surface area contributed by atoms with Gasteiger partial charge in [0.1, 0.15) is 0 Å². The molecule has 1 aromatic heterocycles. The number of aliphatic imine (C=N–C) groups is 1. The highest BCUT2D eigenvalue weighted by atomic mass is 16.2. The van der Waals surface area contributed by atoms with Crippen LogP contribution >= 0.6 is 0 Å². The van der Waals surface area contributed by atoms with Gasteiger partial charge in [-0.1, -0.05) is 12.1 Å². The van der Waals surface area contributed by atoms with Crippen LogP contribution in [0.4, 0.5) is 11.4 Å². The zero-order valence-electron chi connectivity index (χ0n) is 20.6. The predicted molar refractivity (Wildman–Crippen MR) is 136 cm³/mol. The lowest BCUT2D eigenvalue weighted by atomic mass is 10.1. The number of nitrogens with one attached hydrogen (secondary N) is 3. The van der Waals surface area contributed by atoms with E-state index in [4.69, 9.17) is 4.99 Å². The predicted octanol–water partition coefficient (Wildman–Crippen LogP) is 4.49. The van der Waals surface area contributed by atoms with Gasteiger partial charge in [0.15, 0.2) is 0 Å². The number of aryl methyl sites for hydroxylation is 4. The van der Waals surface area contributed by atoms with Crippen molar-refractivity contribution in [1.29, 1.82) is 0 Å². The molecule has 3 N–H and O–H groups in total. The van der Waals surface area contributed by atoms with Crippen LogP contribution in [0.1, 0.15) is 52.3 Å². The first-order chi connectivity index (χ1) is 16.2. The van der Waals surface area contributed by atoms with Crippen molar-refractivity contribution in [3.05, 3.63) is 76.1 Å². The van der Waals surface area contributed by atoms with Crippen LogP contribution in [-0.2, 0) is 17.9 Å². The molecular weight excluding hydrogens is 428 g/mol. The lowest BCUT2D eigenvalue weighted by Gasteiger charge is -2.15. The second kappa shape index (κ2) is 10.8. The van der Waals surface area contributed by atoms with Crippen LogP contribution in [0.3, 0.4) is 0 Å². The maximum Gasteiger partial charge on any atom is 0.257 e. The van der Waals surface area contributed by atoms with E-state index in [0.29, 0.717) is 23.8 Å². The molecule has 0 aliphatic heterocycles. The summed E-state index contributed by atoms with van der Waals surface area (Å²) in [7, 11) is 0. The third-order valence-corrected chi connectivity index (χ3v) is 5.57. The van der Waals surface area contributed by atoms with Gasteiger partial charge in [0.2, 0.25) is 11.9 Å². The molecule has 0 fully saturated rings. The number of carbonyl (C=O) groups is 2. The normalized spacial score (nSPS) is 11.3. The maximum atomic E-state index is 13.0. The molecule has 0 atom stereocenters. The summed E-state index contributed by atoms with van der Waals surface area (Å²) >= 11 is 0. The first-order valence-electron chi connectivity index (χ1n) is 11.3. The van der Waals surface area contributed by atoms with Crippen molar-refractivity contribution in [3.8, 4) is 0 Å². The molecule has 1 heterocycles. The van der Waals surface area contributed by atoms with Crippen molar-refractivity contribution in [1.82, 2.24) is 15.1 Å². The van der Waals surface area contributed by atoms with E-state index in [0.717, 1.165) is 40.3 Å². The molecule has 8 nitrogen and oxygen atoms in total. The Labute approximate surface area is 200 Å². The van der Waals surface area contributed by atoms with E-state index in [9.17, 15) is 9.59 Å². The smallest absolute Gasteiger partial charge is 0.257 e. The van der Waals surface area contributed by atoms with Gasteiger partial charge >= 0.3 is 0 Å². The number of guanidine groups is 1. The molecule has 0 bridgehead atoms. The van der Waals surface area contributed by atoms with Crippen LogP contribution in [0.5, 0.6) is 0 Å². The Morgan fingerprint density at radius 1 is 1.00 bits per heavy atom. The van der Waals surface area contributed by atoms with Crippen molar-refractivity contribution < 1.29 is 9.59 Å². The first kappa shape index (κ1) is 24.7. The van der Waals surface area contributed by atoms with E-state index < -0.39 is 0 Å². The molecule has 2 aromatic carbocycles. The Morgan fingerprint density at radius 3 is 2.32 bits per heavy atom. The van der Waals surface area contributed by atoms with Gasteiger partial charge in [0.05, 0.1) is 12.2 Å². The minimum atomic E-state index is -0.302. The zero-order chi connectivity index (χ0) is 24.8. The van der Waals surface area contributed by atoms with Crippen LogP contribution < -0.4 is 16.0 Å². The largest absolute Gasteiger partial charge is 0.326 e. The van der Waals surface area contributed by atoms with E-state index in [2.05, 4.69) is 28.0 Å². The number of benzene rings is 2. The van der Waals surface area contributed by atoms with Gasteiger partial charge in [-0.15, -0.1) is 0 Å². The number of hydrogen-bond donors (Lipinski definition) is 3. The Bertz CT molecular complexity index is 1220. The molecule has 0 unspecified atom stereocenters. The van der Waals surface area contributed by atoms with Crippen molar-refractivity contribution in [2.75, 3.05) is 10.6 Å². The average molecular weight is 461 g/mol. The first-order valence-corrected chi connectivity index (χ1v) is 11.3. The number of rotatable bonds is 6. The summed E-state index contributed by atoms with van der Waals surface area (Å²) in [5, 5.41) is 13.5. The number of anilines is 2. The lowest BCUT2D eigenvalue weighted by Crippen LogP contribution is -2.36. The fraction of sp³-hybridized carbons (Fsp3) is 0.308. The van der Waals surface area contributed by atoms with Crippen molar-refractivity contribution in [2.24, 2.45) is 4.99 Å². The molecule has 3 aromatic rings. The monoisotopic (exact) mass is 460 g/mol. The minimum Gasteiger partial charge on any atom is -0.326 e. The van der Waals surface area contributed by atoms with E-state index >= 15 is 0 Å². The molecule has 2 amide bonds. The summed E-state index contributed by atoms with van der Waals surface area (Å²) in [5.74, 6) is -0.113. The Morgan fingerprint density at radius 2 is 1.71 bits per heavy atom. The highest BCUT2D eigenvalue weighted by Gasteiger charge is 2.14. The van der Waals surface area contributed by atoms with Crippen LogP contribution in [0.2, 0.25) is 0 Å². The Balaban J connectivity index is 1.87. The molecule has 0 aliphatic rings. The highest BCUT2D eigenvalue weighted by molar-refractivity contribution is 6.10. The molecule has 178 valence electrons. The lowest BCUT2D eigenvalue weighted by molar-refractivity contribution is -0.114. The van der Waals surface area contributed by atoms with Gasteiger partial charge < -0.3 is 10.6 Å². The Kier molecular flexibility index (Phi) is 7.83.